The predicted molar refractivity (Wildman–Crippen MR) is 388 cm³/mol. The molecule has 3 aliphatic carbocycles. The molecule has 9 N–H and O–H groups in total. The number of alkyl halides is 3. The highest BCUT2D eigenvalue weighted by Gasteiger charge is 2.59. The van der Waals surface area contributed by atoms with Gasteiger partial charge in [0.1, 0.15) is 29.4 Å². The van der Waals surface area contributed by atoms with Gasteiger partial charge in [-0.3, -0.25) is 76.9 Å². The number of Topliss-reactive ketones (excluding diaryl/α,β-unsaturated/α-hetero) is 1. The number of hydrogen-bond donors (Lipinski definition) is 6. The summed E-state index contributed by atoms with van der Waals surface area (Å²) in [6.07, 6.45) is 20.3. The molecule has 0 radical (unpaired) electrons. The van der Waals surface area contributed by atoms with Gasteiger partial charge in [-0.25, -0.2) is 4.79 Å². The number of hydroxylamine groups is 2. The predicted octanol–water partition coefficient (Wildman–Crippen LogP) is 2.79. The van der Waals surface area contributed by atoms with Gasteiger partial charge in [-0.2, -0.15) is 13.2 Å². The van der Waals surface area contributed by atoms with Crippen molar-refractivity contribution >= 4 is 94.7 Å². The average molecular weight is 1580 g/mol. The summed E-state index contributed by atoms with van der Waals surface area (Å²) in [5, 5.41) is 20.2. The Hall–Kier alpha value is -8.67. The number of carbonyl (C=O) groups is 16. The Balaban J connectivity index is 0.000000289. The van der Waals surface area contributed by atoms with Crippen molar-refractivity contribution in [2.45, 2.75) is 276 Å². The van der Waals surface area contributed by atoms with E-state index in [1.165, 1.54) is 34.1 Å². The summed E-state index contributed by atoms with van der Waals surface area (Å²) in [4.78, 5) is 193. The molecule has 0 aromatic heterocycles. The first-order valence-corrected chi connectivity index (χ1v) is 38.7. The number of amides is 10. The number of rotatable bonds is 25. The molecule has 2 bridgehead atoms. The number of morpholine rings is 1. The monoisotopic (exact) mass is 1580 g/mol. The fourth-order valence-corrected chi connectivity index (χ4v) is 13.4. The number of hydrogen-bond acceptors (Lipinski definition) is 24. The minimum Gasteiger partial charge on any atom is -0.542 e. The number of quaternary nitrogens is 1. The lowest BCUT2D eigenvalue weighted by Crippen LogP contribution is -2.63. The quantitative estimate of drug-likeness (QED) is 0.0252. The first-order valence-electron chi connectivity index (χ1n) is 38.7. The maximum Gasteiger partial charge on any atom is 0.430 e. The number of ether oxygens (including phenoxy) is 4. The minimum atomic E-state index is -5.19. The number of nitrogens with two attached hydrogens (primary N) is 1. The van der Waals surface area contributed by atoms with Crippen LogP contribution in [0.2, 0.25) is 0 Å². The van der Waals surface area contributed by atoms with Crippen LogP contribution in [0.4, 0.5) is 13.2 Å². The molecular formula is C76H115F3N10O22. The standard InChI is InChI=1S/C23H35N3O5.C16H25N3O6.C12H23NO2.C10H14N2O2.C8H6O4.C5H11NO.C2HF3O2/c1-3-20(28)24-14-6-5-7-18(25-21(29)4-2)19(27)15-16-8-10-17(11-9-16)26-22(30)12-13-23(26)31;1-3-12(20)17-10-6-5-7-11(18-13(21)4-2)16(24)25-19-14(22)8-9-15(19)23;1-12(2,3)15-11(14)8-9-4-6-10(13)7-5-9;11-7-1-3-8(4-2-7)12-9(13)5-6-10(12)14;9-7-5-3-1-2-4(11-3)6(5)8(10)12-7;1-6-2-4-7-5-3-6;3-2(4,5)1(6)7/h12-13,16-18H,3-11,14-15H2,1-2H3,(H,24,28)(H,25,29);11H,3-10H2,1-2H3,(H,17,20)(H,18,21);9-10H,4-8,13H2,1-3H3;5-8H,1-4,11H2;1-6H;2-5H2,1H3;(H,6,7). The lowest BCUT2D eigenvalue weighted by Gasteiger charge is -2.33. The van der Waals surface area contributed by atoms with E-state index in [0.717, 1.165) is 103 Å². The number of fused-ring (bicyclic) bond motifs is 5. The largest absolute Gasteiger partial charge is 0.542 e. The lowest BCUT2D eigenvalue weighted by molar-refractivity contribution is -0.426. The van der Waals surface area contributed by atoms with Gasteiger partial charge in [0.15, 0.2) is 5.78 Å². The number of halogens is 3. The minimum absolute atomic E-state index is 0.00915. The van der Waals surface area contributed by atoms with E-state index in [0.29, 0.717) is 100 Å². The Morgan fingerprint density at radius 1 is 0.586 bits per heavy atom. The van der Waals surface area contributed by atoms with Crippen LogP contribution >= 0.6 is 0 Å². The van der Waals surface area contributed by atoms with E-state index in [2.05, 4.69) is 43.7 Å². The normalized spacial score (nSPS) is 24.9. The molecule has 7 fully saturated rings. The van der Waals surface area contributed by atoms with Gasteiger partial charge in [-0.05, 0) is 142 Å². The van der Waals surface area contributed by atoms with Crippen molar-refractivity contribution in [1.29, 1.82) is 0 Å². The second-order valence-electron chi connectivity index (χ2n) is 29.6. The van der Waals surface area contributed by atoms with Crippen LogP contribution in [0, 0.1) is 23.7 Å². The molecule has 7 aliphatic heterocycles. The van der Waals surface area contributed by atoms with Gasteiger partial charge in [-0.1, -0.05) is 39.8 Å². The van der Waals surface area contributed by atoms with Gasteiger partial charge in [0.2, 0.25) is 23.6 Å². The number of unbranched alkanes of at least 4 members (excludes halogenated alkanes) is 2. The third-order valence-corrected chi connectivity index (χ3v) is 19.7. The third-order valence-electron chi connectivity index (χ3n) is 19.7. The molecule has 4 saturated heterocycles. The molecule has 6 unspecified atom stereocenters. The summed E-state index contributed by atoms with van der Waals surface area (Å²) in [5.74, 6) is -7.23. The molecular weight excluding hydrogens is 1460 g/mol. The summed E-state index contributed by atoms with van der Waals surface area (Å²) in [6, 6.07) is -0.585. The summed E-state index contributed by atoms with van der Waals surface area (Å²) in [6.45, 7) is 17.7. The molecule has 6 atom stereocenters. The topological polar surface area (TPSA) is 457 Å². The van der Waals surface area contributed by atoms with Crippen LogP contribution < -0.4 is 37.8 Å². The summed E-state index contributed by atoms with van der Waals surface area (Å²) in [5.41, 5.74) is 9.45. The summed E-state index contributed by atoms with van der Waals surface area (Å²) < 4.78 is 51.8. The number of carbonyl (C=O) groups excluding carboxylic acids is 16. The molecule has 3 saturated carbocycles. The molecule has 10 aliphatic rings. The lowest BCUT2D eigenvalue weighted by atomic mass is 9.81. The number of likely N-dealkylation sites (N-methyl/N-ethyl adjacent to an activating group) is 1. The van der Waals surface area contributed by atoms with E-state index < -0.39 is 54.0 Å². The highest BCUT2D eigenvalue weighted by atomic mass is 19.4. The Kier molecular flexibility index (Phi) is 40.6. The van der Waals surface area contributed by atoms with Crippen molar-refractivity contribution in [2.24, 2.45) is 29.4 Å². The van der Waals surface area contributed by atoms with Crippen LogP contribution in [0.3, 0.4) is 0 Å². The van der Waals surface area contributed by atoms with Gasteiger partial charge >= 0.3 is 30.1 Å². The number of imide groups is 3. The smallest absolute Gasteiger partial charge is 0.430 e. The van der Waals surface area contributed by atoms with E-state index in [1.807, 2.05) is 32.9 Å². The first kappa shape index (κ1) is 94.7. The maximum atomic E-state index is 12.9. The fraction of sp³-hybridized carbons (Fsp3) is 0.711. The van der Waals surface area contributed by atoms with E-state index in [1.54, 1.807) is 27.7 Å². The Labute approximate surface area is 645 Å². The number of cyclic esters (lactones) is 2. The molecule has 7 heterocycles. The zero-order valence-electron chi connectivity index (χ0n) is 65.2. The van der Waals surface area contributed by atoms with Crippen LogP contribution in [-0.4, -0.2) is 221 Å². The third kappa shape index (κ3) is 33.7. The van der Waals surface area contributed by atoms with Crippen molar-refractivity contribution in [3.05, 3.63) is 36.5 Å². The SMILES string of the molecule is CC(C)(C)OC(=O)CC1CCC(N)CC1.CCC(=O)NCCCCC(NC(=O)CC)C(=O)CC1CCC(N2C(=O)C=CC2=O)CC1.CCC(=O)NCCCCC(NC(=O)CC)C(=O)ON1C(=O)CCC1=O.CN1CCOCC1.O=C([O-])C(F)(F)F.O=C1OC(=O)C2C3C=CC(O3)C12.[NH3+]C1CCC(N2C(=O)C=CC2=O)CC1. The highest BCUT2D eigenvalue weighted by Crippen LogP contribution is 2.44. The van der Waals surface area contributed by atoms with Crippen LogP contribution in [0.1, 0.15) is 215 Å². The number of aliphatic carboxylic acids is 1. The fourth-order valence-electron chi connectivity index (χ4n) is 13.4. The Morgan fingerprint density at radius 3 is 1.38 bits per heavy atom. The van der Waals surface area contributed by atoms with Gasteiger partial charge in [0.25, 0.3) is 35.4 Å². The zero-order valence-corrected chi connectivity index (χ0v) is 65.2. The van der Waals surface area contributed by atoms with Gasteiger partial charge in [-0.15, -0.1) is 5.06 Å². The van der Waals surface area contributed by atoms with Gasteiger partial charge in [0, 0.05) is 133 Å². The molecule has 35 heteroatoms. The van der Waals surface area contributed by atoms with E-state index in [9.17, 15) is 85.1 Å². The van der Waals surface area contributed by atoms with Crippen molar-refractivity contribution < 1.29 is 125 Å². The molecule has 111 heavy (non-hydrogen) atoms. The molecule has 10 amide bonds. The van der Waals surface area contributed by atoms with Crippen molar-refractivity contribution in [3.63, 3.8) is 0 Å². The maximum absolute atomic E-state index is 12.9. The molecule has 0 aromatic rings. The second-order valence-corrected chi connectivity index (χ2v) is 29.6. The number of carboxylic acids is 1. The average Bonchev–Trinajstić information content (AvgIpc) is 1.59. The molecule has 10 rings (SSSR count). The van der Waals surface area contributed by atoms with Crippen LogP contribution in [-0.2, 0) is 100 Å². The van der Waals surface area contributed by atoms with Crippen molar-refractivity contribution in [2.75, 3.05) is 46.4 Å². The molecule has 0 spiro atoms. The van der Waals surface area contributed by atoms with E-state index >= 15 is 0 Å². The van der Waals surface area contributed by atoms with Crippen molar-refractivity contribution in [1.82, 2.24) is 41.0 Å². The van der Waals surface area contributed by atoms with Gasteiger partial charge < -0.3 is 71.3 Å². The Morgan fingerprint density at radius 2 is 0.982 bits per heavy atom. The molecule has 32 nitrogen and oxygen atoms in total. The number of nitrogens with zero attached hydrogens (tertiary/aromatic N) is 4. The number of esters is 3. The van der Waals surface area contributed by atoms with E-state index in [-0.39, 0.29) is 132 Å². The van der Waals surface area contributed by atoms with Crippen LogP contribution in [0.5, 0.6) is 0 Å². The summed E-state index contributed by atoms with van der Waals surface area (Å²) in [7, 11) is 2.11. The number of nitrogens with one attached hydrogen (secondary N) is 4. The van der Waals surface area contributed by atoms with Crippen LogP contribution in [0.25, 0.3) is 0 Å². The van der Waals surface area contributed by atoms with Crippen molar-refractivity contribution in [3.8, 4) is 0 Å². The number of ketones is 1. The highest BCUT2D eigenvalue weighted by molar-refractivity contribution is 6.14. The molecule has 622 valence electrons. The first-order chi connectivity index (χ1) is 52.4. The Bertz CT molecular complexity index is 3210. The molecule has 0 aromatic carbocycles. The second kappa shape index (κ2) is 47.6. The zero-order chi connectivity index (χ0) is 82.7. The summed E-state index contributed by atoms with van der Waals surface area (Å²) >= 11 is 0. The number of carboxylic acid groups (broad SMARTS) is 1. The van der Waals surface area contributed by atoms with E-state index in [4.69, 9.17) is 34.7 Å². The van der Waals surface area contributed by atoms with Gasteiger partial charge in [0.05, 0.1) is 37.5 Å². The van der Waals surface area contributed by atoms with Crippen LogP contribution in [0.15, 0.2) is 36.5 Å².